The summed E-state index contributed by atoms with van der Waals surface area (Å²) in [4.78, 5) is 0. The maximum absolute atomic E-state index is 9.69. The zero-order chi connectivity index (χ0) is 10.4. The summed E-state index contributed by atoms with van der Waals surface area (Å²) in [7, 11) is 1.57. The Bertz CT molecular complexity index is 273. The van der Waals surface area contributed by atoms with Gasteiger partial charge in [-0.15, -0.1) is 0 Å². The zero-order valence-corrected chi connectivity index (χ0v) is 8.56. The van der Waals surface area contributed by atoms with Gasteiger partial charge in [0.2, 0.25) is 0 Å². The summed E-state index contributed by atoms with van der Waals surface area (Å²) in [5, 5.41) is 9.69. The van der Waals surface area contributed by atoms with Crippen LogP contribution in [0.25, 0.3) is 0 Å². The number of hydrogen-bond acceptors (Lipinski definition) is 3. The van der Waals surface area contributed by atoms with Crippen molar-refractivity contribution in [1.29, 1.82) is 0 Å². The summed E-state index contributed by atoms with van der Waals surface area (Å²) in [5.41, 5.74) is 0.812. The van der Waals surface area contributed by atoms with E-state index in [1.54, 1.807) is 7.11 Å². The van der Waals surface area contributed by atoms with E-state index in [9.17, 15) is 5.11 Å². The number of aliphatic hydroxyl groups is 1. The van der Waals surface area contributed by atoms with E-state index >= 15 is 0 Å². The molecule has 0 unspecified atom stereocenters. The van der Waals surface area contributed by atoms with Gasteiger partial charge in [0.05, 0.1) is 6.10 Å². The van der Waals surface area contributed by atoms with Gasteiger partial charge in [0, 0.05) is 12.7 Å². The first-order chi connectivity index (χ1) is 6.79. The fourth-order valence-corrected chi connectivity index (χ4v) is 1.23. The number of ether oxygens (including phenoxy) is 2. The van der Waals surface area contributed by atoms with Crippen LogP contribution in [0.5, 0.6) is 5.75 Å². The maximum Gasteiger partial charge on any atom is 0.188 e. The second-order valence-electron chi connectivity index (χ2n) is 3.01. The van der Waals surface area contributed by atoms with E-state index in [0.717, 1.165) is 5.56 Å². The van der Waals surface area contributed by atoms with Crippen LogP contribution in [-0.4, -0.2) is 19.0 Å². The summed E-state index contributed by atoms with van der Waals surface area (Å²) in [5.74, 6) is 0.684. The second kappa shape index (κ2) is 5.62. The molecular weight excluding hydrogens is 180 g/mol. The SMILES string of the molecule is CC[C@@H](O)c1ccccc1OCOC. The van der Waals surface area contributed by atoms with Crippen LogP contribution in [0, 0.1) is 0 Å². The van der Waals surface area contributed by atoms with Crippen LogP contribution in [0.4, 0.5) is 0 Å². The van der Waals surface area contributed by atoms with Gasteiger partial charge in [0.15, 0.2) is 6.79 Å². The smallest absolute Gasteiger partial charge is 0.188 e. The largest absolute Gasteiger partial charge is 0.467 e. The molecule has 0 bridgehead atoms. The average Bonchev–Trinajstić information content (AvgIpc) is 2.25. The number of benzene rings is 1. The Morgan fingerprint density at radius 1 is 1.36 bits per heavy atom. The van der Waals surface area contributed by atoms with Crippen LogP contribution >= 0.6 is 0 Å². The fraction of sp³-hybridized carbons (Fsp3) is 0.455. The normalized spacial score (nSPS) is 12.5. The summed E-state index contributed by atoms with van der Waals surface area (Å²) >= 11 is 0. The van der Waals surface area contributed by atoms with E-state index in [0.29, 0.717) is 12.2 Å². The van der Waals surface area contributed by atoms with Crippen LogP contribution in [0.1, 0.15) is 25.0 Å². The molecule has 1 aromatic carbocycles. The zero-order valence-electron chi connectivity index (χ0n) is 8.56. The first-order valence-corrected chi connectivity index (χ1v) is 4.68. The Balaban J connectivity index is 2.79. The van der Waals surface area contributed by atoms with E-state index < -0.39 is 6.10 Å². The third-order valence-corrected chi connectivity index (χ3v) is 2.00. The monoisotopic (exact) mass is 196 g/mol. The summed E-state index contributed by atoms with van der Waals surface area (Å²) in [6.07, 6.45) is 0.205. The van der Waals surface area contributed by atoms with Crippen molar-refractivity contribution in [2.24, 2.45) is 0 Å². The van der Waals surface area contributed by atoms with Gasteiger partial charge in [-0.05, 0) is 12.5 Å². The summed E-state index contributed by atoms with van der Waals surface area (Å²) in [6.45, 7) is 2.13. The lowest BCUT2D eigenvalue weighted by molar-refractivity contribution is 0.0478. The second-order valence-corrected chi connectivity index (χ2v) is 3.01. The van der Waals surface area contributed by atoms with Gasteiger partial charge >= 0.3 is 0 Å². The van der Waals surface area contributed by atoms with Gasteiger partial charge in [0.1, 0.15) is 5.75 Å². The number of methoxy groups -OCH3 is 1. The maximum atomic E-state index is 9.69. The van der Waals surface area contributed by atoms with Crippen LogP contribution in [-0.2, 0) is 4.74 Å². The molecule has 0 aliphatic heterocycles. The fourth-order valence-electron chi connectivity index (χ4n) is 1.23. The van der Waals surface area contributed by atoms with Crippen molar-refractivity contribution in [3.63, 3.8) is 0 Å². The van der Waals surface area contributed by atoms with Crippen molar-refractivity contribution < 1.29 is 14.6 Å². The van der Waals surface area contributed by atoms with E-state index in [1.807, 2.05) is 31.2 Å². The molecule has 1 aromatic rings. The third kappa shape index (κ3) is 2.72. The van der Waals surface area contributed by atoms with Crippen LogP contribution in [0.3, 0.4) is 0 Å². The molecule has 1 rings (SSSR count). The molecule has 0 aliphatic carbocycles. The van der Waals surface area contributed by atoms with Gasteiger partial charge in [-0.25, -0.2) is 0 Å². The van der Waals surface area contributed by atoms with Gasteiger partial charge < -0.3 is 14.6 Å². The molecule has 1 atom stereocenters. The van der Waals surface area contributed by atoms with E-state index in [2.05, 4.69) is 0 Å². The Kier molecular flexibility index (Phi) is 4.43. The highest BCUT2D eigenvalue weighted by Gasteiger charge is 2.10. The lowest BCUT2D eigenvalue weighted by Gasteiger charge is -2.13. The van der Waals surface area contributed by atoms with Gasteiger partial charge in [-0.1, -0.05) is 25.1 Å². The highest BCUT2D eigenvalue weighted by atomic mass is 16.7. The lowest BCUT2D eigenvalue weighted by Crippen LogP contribution is -2.04. The number of aliphatic hydroxyl groups excluding tert-OH is 1. The molecule has 0 spiro atoms. The first-order valence-electron chi connectivity index (χ1n) is 4.68. The molecule has 0 fully saturated rings. The van der Waals surface area contributed by atoms with Crippen LogP contribution < -0.4 is 4.74 Å². The van der Waals surface area contributed by atoms with E-state index in [4.69, 9.17) is 9.47 Å². The molecule has 0 saturated heterocycles. The molecule has 0 aromatic heterocycles. The van der Waals surface area contributed by atoms with Crippen molar-refractivity contribution in [3.8, 4) is 5.75 Å². The van der Waals surface area contributed by atoms with Gasteiger partial charge in [0.25, 0.3) is 0 Å². The Labute approximate surface area is 84.3 Å². The quantitative estimate of drug-likeness (QED) is 0.733. The van der Waals surface area contributed by atoms with Crippen molar-refractivity contribution in [1.82, 2.24) is 0 Å². The Morgan fingerprint density at radius 3 is 2.71 bits per heavy atom. The molecule has 3 nitrogen and oxygen atoms in total. The number of rotatable bonds is 5. The molecule has 0 aliphatic rings. The molecule has 0 amide bonds. The average molecular weight is 196 g/mol. The minimum Gasteiger partial charge on any atom is -0.467 e. The molecule has 1 N–H and O–H groups in total. The Morgan fingerprint density at radius 2 is 2.07 bits per heavy atom. The molecular formula is C11H16O3. The lowest BCUT2D eigenvalue weighted by atomic mass is 10.1. The predicted octanol–water partition coefficient (Wildman–Crippen LogP) is 2.11. The van der Waals surface area contributed by atoms with Crippen molar-refractivity contribution in [3.05, 3.63) is 29.8 Å². The Hall–Kier alpha value is -1.06. The molecule has 0 heterocycles. The first kappa shape index (κ1) is 11.0. The topological polar surface area (TPSA) is 38.7 Å². The molecule has 0 saturated carbocycles. The van der Waals surface area contributed by atoms with Gasteiger partial charge in [-0.3, -0.25) is 0 Å². The highest BCUT2D eigenvalue weighted by Crippen LogP contribution is 2.26. The van der Waals surface area contributed by atoms with Crippen molar-refractivity contribution in [2.45, 2.75) is 19.4 Å². The van der Waals surface area contributed by atoms with E-state index in [-0.39, 0.29) is 6.79 Å². The number of para-hydroxylation sites is 1. The minimum absolute atomic E-state index is 0.202. The molecule has 14 heavy (non-hydrogen) atoms. The minimum atomic E-state index is -0.469. The van der Waals surface area contributed by atoms with Crippen LogP contribution in [0.15, 0.2) is 24.3 Å². The van der Waals surface area contributed by atoms with Crippen LogP contribution in [0.2, 0.25) is 0 Å². The standard InChI is InChI=1S/C11H16O3/c1-3-10(12)9-6-4-5-7-11(9)14-8-13-2/h4-7,10,12H,3,8H2,1-2H3/t10-/m1/s1. The van der Waals surface area contributed by atoms with E-state index in [1.165, 1.54) is 0 Å². The van der Waals surface area contributed by atoms with Crippen molar-refractivity contribution >= 4 is 0 Å². The predicted molar refractivity (Wildman–Crippen MR) is 54.2 cm³/mol. The third-order valence-electron chi connectivity index (χ3n) is 2.00. The summed E-state index contributed by atoms with van der Waals surface area (Å²) < 4.78 is 10.1. The van der Waals surface area contributed by atoms with Gasteiger partial charge in [-0.2, -0.15) is 0 Å². The van der Waals surface area contributed by atoms with Crippen molar-refractivity contribution in [2.75, 3.05) is 13.9 Å². The molecule has 0 radical (unpaired) electrons. The highest BCUT2D eigenvalue weighted by molar-refractivity contribution is 5.34. The summed E-state index contributed by atoms with van der Waals surface area (Å²) in [6, 6.07) is 7.44. The molecule has 3 heteroatoms. The number of hydrogen-bond donors (Lipinski definition) is 1. The molecule has 78 valence electrons.